The SMILES string of the molecule is COC[C@@H]1O[C@H](OC)[C@H]2OC(C)(C)O[C@H]2[C@@H]1O. The summed E-state index contributed by atoms with van der Waals surface area (Å²) in [6.07, 6.45) is -2.68. The molecule has 100 valence electrons. The maximum atomic E-state index is 10.2. The standard InChI is InChI=1S/C11H20O6/c1-11(2)16-8-7(12)6(5-13-3)15-10(14-4)9(8)17-11/h6-10,12H,5H2,1-4H3/t6-,7+,8-,9-,10-/m0/s1. The Labute approximate surface area is 101 Å². The lowest BCUT2D eigenvalue weighted by Gasteiger charge is -2.38. The fourth-order valence-electron chi connectivity index (χ4n) is 2.33. The second kappa shape index (κ2) is 4.79. The Morgan fingerprint density at radius 2 is 1.82 bits per heavy atom. The van der Waals surface area contributed by atoms with Crippen LogP contribution in [0.2, 0.25) is 0 Å². The van der Waals surface area contributed by atoms with Gasteiger partial charge in [-0.25, -0.2) is 0 Å². The zero-order valence-electron chi connectivity index (χ0n) is 10.6. The normalized spacial score (nSPS) is 44.6. The van der Waals surface area contributed by atoms with E-state index in [0.29, 0.717) is 0 Å². The molecule has 2 fully saturated rings. The smallest absolute Gasteiger partial charge is 0.186 e. The van der Waals surface area contributed by atoms with E-state index in [4.69, 9.17) is 23.7 Å². The predicted octanol–water partition coefficient (Wildman–Crippen LogP) is -0.115. The van der Waals surface area contributed by atoms with Crippen LogP contribution in [0.4, 0.5) is 0 Å². The summed E-state index contributed by atoms with van der Waals surface area (Å²) in [7, 11) is 3.10. The van der Waals surface area contributed by atoms with Crippen LogP contribution in [0.3, 0.4) is 0 Å². The number of aliphatic hydroxyl groups is 1. The first kappa shape index (κ1) is 13.2. The second-order valence-electron chi connectivity index (χ2n) is 4.79. The van der Waals surface area contributed by atoms with Crippen LogP contribution in [0.15, 0.2) is 0 Å². The van der Waals surface area contributed by atoms with Crippen LogP contribution < -0.4 is 0 Å². The summed E-state index contributed by atoms with van der Waals surface area (Å²) in [6.45, 7) is 3.89. The summed E-state index contributed by atoms with van der Waals surface area (Å²) >= 11 is 0. The van der Waals surface area contributed by atoms with E-state index < -0.39 is 36.5 Å². The van der Waals surface area contributed by atoms with E-state index >= 15 is 0 Å². The number of aliphatic hydroxyl groups excluding tert-OH is 1. The quantitative estimate of drug-likeness (QED) is 0.751. The van der Waals surface area contributed by atoms with Gasteiger partial charge in [-0.3, -0.25) is 0 Å². The van der Waals surface area contributed by atoms with Crippen LogP contribution in [0, 0.1) is 0 Å². The van der Waals surface area contributed by atoms with Crippen LogP contribution in [0.25, 0.3) is 0 Å². The van der Waals surface area contributed by atoms with E-state index in [1.165, 1.54) is 7.11 Å². The maximum absolute atomic E-state index is 10.2. The minimum atomic E-state index is -0.784. The first-order valence-corrected chi connectivity index (χ1v) is 5.69. The molecule has 0 spiro atoms. The molecule has 0 aromatic rings. The second-order valence-corrected chi connectivity index (χ2v) is 4.79. The zero-order chi connectivity index (χ0) is 12.6. The van der Waals surface area contributed by atoms with Crippen molar-refractivity contribution in [3.05, 3.63) is 0 Å². The molecule has 2 heterocycles. The lowest BCUT2D eigenvalue weighted by atomic mass is 9.99. The molecular formula is C11H20O6. The number of methoxy groups -OCH3 is 2. The Morgan fingerprint density at radius 3 is 2.41 bits per heavy atom. The van der Waals surface area contributed by atoms with Gasteiger partial charge in [0.25, 0.3) is 0 Å². The van der Waals surface area contributed by atoms with Crippen LogP contribution in [0.5, 0.6) is 0 Å². The molecule has 2 aliphatic rings. The highest BCUT2D eigenvalue weighted by atomic mass is 16.8. The molecule has 0 unspecified atom stereocenters. The lowest BCUT2D eigenvalue weighted by molar-refractivity contribution is -0.273. The number of hydrogen-bond donors (Lipinski definition) is 1. The molecule has 2 rings (SSSR count). The molecule has 0 bridgehead atoms. The van der Waals surface area contributed by atoms with Crippen LogP contribution in [-0.4, -0.2) is 62.4 Å². The highest BCUT2D eigenvalue weighted by molar-refractivity contribution is 4.96. The molecule has 0 aromatic carbocycles. The molecule has 0 aromatic heterocycles. The van der Waals surface area contributed by atoms with Crippen molar-refractivity contribution < 1.29 is 28.8 Å². The maximum Gasteiger partial charge on any atom is 0.186 e. The number of fused-ring (bicyclic) bond motifs is 1. The first-order valence-electron chi connectivity index (χ1n) is 5.69. The third-order valence-electron chi connectivity index (χ3n) is 3.02. The Kier molecular flexibility index (Phi) is 3.72. The van der Waals surface area contributed by atoms with E-state index in [1.54, 1.807) is 21.0 Å². The van der Waals surface area contributed by atoms with Gasteiger partial charge >= 0.3 is 0 Å². The van der Waals surface area contributed by atoms with Gasteiger partial charge in [-0.1, -0.05) is 0 Å². The molecule has 6 heteroatoms. The molecule has 0 saturated carbocycles. The third-order valence-corrected chi connectivity index (χ3v) is 3.02. The summed E-state index contributed by atoms with van der Waals surface area (Å²) < 4.78 is 27.2. The summed E-state index contributed by atoms with van der Waals surface area (Å²) in [5.41, 5.74) is 0. The fraction of sp³-hybridized carbons (Fsp3) is 1.00. The minimum absolute atomic E-state index is 0.286. The molecule has 1 N–H and O–H groups in total. The Hall–Kier alpha value is -0.240. The van der Waals surface area contributed by atoms with E-state index in [1.807, 2.05) is 0 Å². The number of hydrogen-bond acceptors (Lipinski definition) is 6. The lowest BCUT2D eigenvalue weighted by Crippen LogP contribution is -2.57. The topological polar surface area (TPSA) is 66.4 Å². The molecule has 0 radical (unpaired) electrons. The van der Waals surface area contributed by atoms with Crippen molar-refractivity contribution in [2.45, 2.75) is 50.3 Å². The van der Waals surface area contributed by atoms with Gasteiger partial charge in [0.1, 0.15) is 24.4 Å². The Bertz CT molecular complexity index is 269. The third kappa shape index (κ3) is 2.47. The van der Waals surface area contributed by atoms with Crippen molar-refractivity contribution in [1.82, 2.24) is 0 Å². The van der Waals surface area contributed by atoms with Gasteiger partial charge in [0, 0.05) is 14.2 Å². The molecule has 2 saturated heterocycles. The molecule has 0 amide bonds. The van der Waals surface area contributed by atoms with Crippen LogP contribution >= 0.6 is 0 Å². The first-order chi connectivity index (χ1) is 7.98. The molecule has 2 aliphatic heterocycles. The monoisotopic (exact) mass is 248 g/mol. The van der Waals surface area contributed by atoms with Crippen molar-refractivity contribution in [3.63, 3.8) is 0 Å². The van der Waals surface area contributed by atoms with Crippen molar-refractivity contribution in [2.75, 3.05) is 20.8 Å². The Morgan fingerprint density at radius 1 is 1.18 bits per heavy atom. The van der Waals surface area contributed by atoms with Gasteiger partial charge in [0.05, 0.1) is 6.61 Å². The van der Waals surface area contributed by atoms with E-state index in [2.05, 4.69) is 0 Å². The highest BCUT2D eigenvalue weighted by Crippen LogP contribution is 2.37. The fourth-order valence-corrected chi connectivity index (χ4v) is 2.33. The Balaban J connectivity index is 2.14. The zero-order valence-corrected chi connectivity index (χ0v) is 10.6. The summed E-state index contributed by atoms with van der Waals surface area (Å²) in [5.74, 6) is -0.738. The van der Waals surface area contributed by atoms with Crippen LogP contribution in [-0.2, 0) is 23.7 Å². The van der Waals surface area contributed by atoms with Gasteiger partial charge in [0.15, 0.2) is 12.1 Å². The number of rotatable bonds is 3. The van der Waals surface area contributed by atoms with Crippen molar-refractivity contribution in [2.24, 2.45) is 0 Å². The molecule has 17 heavy (non-hydrogen) atoms. The minimum Gasteiger partial charge on any atom is -0.387 e. The van der Waals surface area contributed by atoms with Crippen LogP contribution in [0.1, 0.15) is 13.8 Å². The van der Waals surface area contributed by atoms with E-state index in [9.17, 15) is 5.11 Å². The molecular weight excluding hydrogens is 228 g/mol. The van der Waals surface area contributed by atoms with Gasteiger partial charge < -0.3 is 28.8 Å². The van der Waals surface area contributed by atoms with E-state index in [0.717, 1.165) is 0 Å². The van der Waals surface area contributed by atoms with E-state index in [-0.39, 0.29) is 6.61 Å². The van der Waals surface area contributed by atoms with Gasteiger partial charge in [0.2, 0.25) is 0 Å². The number of ether oxygens (including phenoxy) is 5. The van der Waals surface area contributed by atoms with Gasteiger partial charge in [-0.05, 0) is 13.8 Å². The average Bonchev–Trinajstić information content (AvgIpc) is 2.59. The van der Waals surface area contributed by atoms with Crippen molar-refractivity contribution in [3.8, 4) is 0 Å². The summed E-state index contributed by atoms with van der Waals surface area (Å²) in [4.78, 5) is 0. The molecule has 6 nitrogen and oxygen atoms in total. The van der Waals surface area contributed by atoms with Crippen molar-refractivity contribution >= 4 is 0 Å². The average molecular weight is 248 g/mol. The largest absolute Gasteiger partial charge is 0.387 e. The molecule has 0 aliphatic carbocycles. The van der Waals surface area contributed by atoms with Crippen molar-refractivity contribution in [1.29, 1.82) is 0 Å². The van der Waals surface area contributed by atoms with Gasteiger partial charge in [-0.15, -0.1) is 0 Å². The highest BCUT2D eigenvalue weighted by Gasteiger charge is 2.55. The summed E-state index contributed by atoms with van der Waals surface area (Å²) in [6, 6.07) is 0. The predicted molar refractivity (Wildman–Crippen MR) is 57.4 cm³/mol. The summed E-state index contributed by atoms with van der Waals surface area (Å²) in [5, 5.41) is 10.2. The molecule has 5 atom stereocenters. The van der Waals surface area contributed by atoms with Gasteiger partial charge in [-0.2, -0.15) is 0 Å².